The van der Waals surface area contributed by atoms with E-state index in [1.165, 1.54) is 24.2 Å². The van der Waals surface area contributed by atoms with E-state index in [4.69, 9.17) is 12.2 Å². The van der Waals surface area contributed by atoms with Crippen molar-refractivity contribution in [2.75, 3.05) is 24.2 Å². The van der Waals surface area contributed by atoms with Gasteiger partial charge in [0.25, 0.3) is 5.69 Å². The highest BCUT2D eigenvalue weighted by Crippen LogP contribution is 2.26. The van der Waals surface area contributed by atoms with Crippen LogP contribution in [0, 0.1) is 10.1 Å². The molecule has 1 saturated heterocycles. The maximum absolute atomic E-state index is 12.0. The molecule has 0 unspecified atom stereocenters. The zero-order valence-corrected chi connectivity index (χ0v) is 17.3. The van der Waals surface area contributed by atoms with Crippen LogP contribution in [0.5, 0.6) is 0 Å². The highest BCUT2D eigenvalue weighted by atomic mass is 32.2. The summed E-state index contributed by atoms with van der Waals surface area (Å²) >= 11 is 6.91. The second kappa shape index (κ2) is 10.5. The summed E-state index contributed by atoms with van der Waals surface area (Å²) in [6.07, 6.45) is 3.49. The van der Waals surface area contributed by atoms with E-state index in [9.17, 15) is 14.9 Å². The van der Waals surface area contributed by atoms with Crippen LogP contribution in [0.4, 0.5) is 11.4 Å². The van der Waals surface area contributed by atoms with Crippen molar-refractivity contribution in [2.24, 2.45) is 0 Å². The fraction of sp³-hybridized carbons (Fsp3) is 0.556. The van der Waals surface area contributed by atoms with Gasteiger partial charge < -0.3 is 15.5 Å². The molecule has 1 aliphatic rings. The SMILES string of the molecule is C[C@H]1CCC[C@H](C)N1C(=S)SCC(=O)NCCNc1ccccc1[N+](=O)[O-]. The van der Waals surface area contributed by atoms with Crippen LogP contribution in [0.3, 0.4) is 0 Å². The van der Waals surface area contributed by atoms with Gasteiger partial charge in [0.15, 0.2) is 0 Å². The lowest BCUT2D eigenvalue weighted by Gasteiger charge is -2.40. The lowest BCUT2D eigenvalue weighted by molar-refractivity contribution is -0.384. The fourth-order valence-electron chi connectivity index (χ4n) is 3.22. The average Bonchev–Trinajstić information content (AvgIpc) is 2.63. The van der Waals surface area contributed by atoms with Gasteiger partial charge in [0.1, 0.15) is 10.0 Å². The molecular weight excluding hydrogens is 384 g/mol. The summed E-state index contributed by atoms with van der Waals surface area (Å²) in [6.45, 7) is 5.15. The number of nitro benzene ring substituents is 1. The summed E-state index contributed by atoms with van der Waals surface area (Å²) in [5, 5.41) is 16.8. The number of benzene rings is 1. The number of nitrogens with one attached hydrogen (secondary N) is 2. The normalized spacial score (nSPS) is 19.4. The van der Waals surface area contributed by atoms with E-state index in [-0.39, 0.29) is 17.3 Å². The highest BCUT2D eigenvalue weighted by molar-refractivity contribution is 8.23. The van der Waals surface area contributed by atoms with Gasteiger partial charge in [-0.3, -0.25) is 14.9 Å². The number of carbonyl (C=O) groups excluding carboxylic acids is 1. The minimum atomic E-state index is -0.429. The van der Waals surface area contributed by atoms with Gasteiger partial charge in [0.05, 0.1) is 10.7 Å². The predicted octanol–water partition coefficient (Wildman–Crippen LogP) is 3.40. The van der Waals surface area contributed by atoms with Crippen LogP contribution in [-0.2, 0) is 4.79 Å². The Labute approximate surface area is 169 Å². The molecule has 1 aromatic carbocycles. The van der Waals surface area contributed by atoms with E-state index >= 15 is 0 Å². The topological polar surface area (TPSA) is 87.5 Å². The third kappa shape index (κ3) is 6.35. The third-order valence-corrected chi connectivity index (χ3v) is 6.02. The molecule has 0 bridgehead atoms. The summed E-state index contributed by atoms with van der Waals surface area (Å²) in [5.41, 5.74) is 0.467. The van der Waals surface area contributed by atoms with E-state index in [1.807, 2.05) is 0 Å². The van der Waals surface area contributed by atoms with Gasteiger partial charge in [-0.05, 0) is 39.2 Å². The number of anilines is 1. The Kier molecular flexibility index (Phi) is 8.30. The van der Waals surface area contributed by atoms with Crippen molar-refractivity contribution in [1.82, 2.24) is 10.2 Å². The van der Waals surface area contributed by atoms with Crippen molar-refractivity contribution in [3.05, 3.63) is 34.4 Å². The standard InChI is InChI=1S/C18H26N4O3S2/c1-13-6-5-7-14(2)21(13)18(26)27-12-17(23)20-11-10-19-15-8-3-4-9-16(15)22(24)25/h3-4,8-9,13-14,19H,5-7,10-12H2,1-2H3,(H,20,23)/t13-,14-/m0/s1. The molecule has 0 saturated carbocycles. The number of rotatable bonds is 7. The number of piperidine rings is 1. The van der Waals surface area contributed by atoms with Crippen LogP contribution in [0.2, 0.25) is 0 Å². The maximum Gasteiger partial charge on any atom is 0.292 e. The molecule has 1 fully saturated rings. The van der Waals surface area contributed by atoms with Crippen LogP contribution in [0.25, 0.3) is 0 Å². The third-order valence-electron chi connectivity index (χ3n) is 4.59. The van der Waals surface area contributed by atoms with E-state index < -0.39 is 4.92 Å². The minimum absolute atomic E-state index is 0.0227. The Morgan fingerprint density at radius 2 is 1.96 bits per heavy atom. The number of para-hydroxylation sites is 2. The number of amides is 1. The monoisotopic (exact) mass is 410 g/mol. The van der Waals surface area contributed by atoms with Crippen molar-refractivity contribution < 1.29 is 9.72 Å². The molecule has 2 N–H and O–H groups in total. The molecule has 148 valence electrons. The van der Waals surface area contributed by atoms with Crippen LogP contribution >= 0.6 is 24.0 Å². The summed E-state index contributed by atoms with van der Waals surface area (Å²) in [6, 6.07) is 7.28. The predicted molar refractivity (Wildman–Crippen MR) is 114 cm³/mol. The van der Waals surface area contributed by atoms with Crippen molar-refractivity contribution in [2.45, 2.75) is 45.2 Å². The van der Waals surface area contributed by atoms with Crippen LogP contribution in [-0.4, -0.2) is 51.0 Å². The number of hydrogen-bond donors (Lipinski definition) is 2. The molecule has 0 aliphatic carbocycles. The quantitative estimate of drug-likeness (QED) is 0.308. The first-order valence-electron chi connectivity index (χ1n) is 9.09. The number of hydrogen-bond acceptors (Lipinski definition) is 6. The average molecular weight is 411 g/mol. The molecular formula is C18H26N4O3S2. The largest absolute Gasteiger partial charge is 0.378 e. The second-order valence-corrected chi connectivity index (χ2v) is 8.25. The first-order valence-corrected chi connectivity index (χ1v) is 10.5. The van der Waals surface area contributed by atoms with Crippen LogP contribution < -0.4 is 10.6 Å². The van der Waals surface area contributed by atoms with Gasteiger partial charge in [-0.25, -0.2) is 0 Å². The lowest BCUT2D eigenvalue weighted by atomic mass is 9.99. The molecule has 7 nitrogen and oxygen atoms in total. The Bertz CT molecular complexity index is 676. The molecule has 1 aromatic rings. The van der Waals surface area contributed by atoms with Gasteiger partial charge in [-0.15, -0.1) is 0 Å². The number of nitro groups is 1. The van der Waals surface area contributed by atoms with Crippen molar-refractivity contribution in [3.63, 3.8) is 0 Å². The van der Waals surface area contributed by atoms with E-state index in [0.717, 1.165) is 17.2 Å². The Morgan fingerprint density at radius 3 is 2.63 bits per heavy atom. The molecule has 0 aromatic heterocycles. The summed E-state index contributed by atoms with van der Waals surface area (Å²) < 4.78 is 0.780. The van der Waals surface area contributed by atoms with E-state index in [0.29, 0.717) is 30.9 Å². The van der Waals surface area contributed by atoms with Crippen molar-refractivity contribution in [3.8, 4) is 0 Å². The van der Waals surface area contributed by atoms with Crippen LogP contribution in [0.1, 0.15) is 33.1 Å². The Balaban J connectivity index is 1.69. The molecule has 1 amide bonds. The van der Waals surface area contributed by atoms with Gasteiger partial charge in [-0.2, -0.15) is 0 Å². The molecule has 2 rings (SSSR count). The molecule has 0 spiro atoms. The van der Waals surface area contributed by atoms with Crippen molar-refractivity contribution in [1.29, 1.82) is 0 Å². The summed E-state index contributed by atoms with van der Waals surface area (Å²) in [4.78, 5) is 24.8. The Hall–Kier alpha value is -1.87. The first kappa shape index (κ1) is 21.4. The zero-order chi connectivity index (χ0) is 19.8. The molecule has 27 heavy (non-hydrogen) atoms. The summed E-state index contributed by atoms with van der Waals surface area (Å²) in [5.74, 6) is 0.185. The molecule has 1 aliphatic heterocycles. The van der Waals surface area contributed by atoms with Crippen molar-refractivity contribution >= 4 is 45.6 Å². The minimum Gasteiger partial charge on any atom is -0.378 e. The lowest BCUT2D eigenvalue weighted by Crippen LogP contribution is -2.46. The molecule has 0 radical (unpaired) electrons. The maximum atomic E-state index is 12.0. The highest BCUT2D eigenvalue weighted by Gasteiger charge is 2.27. The molecule has 1 heterocycles. The molecule has 2 atom stereocenters. The number of thiocarbonyl (C=S) groups is 1. The molecule has 9 heteroatoms. The van der Waals surface area contributed by atoms with E-state index in [2.05, 4.69) is 29.4 Å². The smallest absolute Gasteiger partial charge is 0.292 e. The van der Waals surface area contributed by atoms with Gasteiger partial charge >= 0.3 is 0 Å². The number of thioether (sulfide) groups is 1. The number of likely N-dealkylation sites (tertiary alicyclic amines) is 1. The van der Waals surface area contributed by atoms with E-state index in [1.54, 1.807) is 18.2 Å². The summed E-state index contributed by atoms with van der Waals surface area (Å²) in [7, 11) is 0. The fourth-order valence-corrected chi connectivity index (χ4v) is 4.62. The Morgan fingerprint density at radius 1 is 1.30 bits per heavy atom. The van der Waals surface area contributed by atoms with Gasteiger partial charge in [0, 0.05) is 31.2 Å². The van der Waals surface area contributed by atoms with Crippen LogP contribution in [0.15, 0.2) is 24.3 Å². The second-order valence-electron chi connectivity index (χ2n) is 6.64. The number of nitrogens with zero attached hydrogens (tertiary/aromatic N) is 2. The van der Waals surface area contributed by atoms with Gasteiger partial charge in [0.2, 0.25) is 5.91 Å². The zero-order valence-electron chi connectivity index (χ0n) is 15.6. The van der Waals surface area contributed by atoms with Gasteiger partial charge in [-0.1, -0.05) is 36.1 Å². The first-order chi connectivity index (χ1) is 12.9. The number of carbonyl (C=O) groups is 1.